The molecule has 10 atom stereocenters. The van der Waals surface area contributed by atoms with E-state index < -0.39 is 53.8 Å². The molecule has 0 aromatic heterocycles. The van der Waals surface area contributed by atoms with Gasteiger partial charge in [0.2, 0.25) is 12.6 Å². The van der Waals surface area contributed by atoms with Crippen molar-refractivity contribution >= 4 is 23.9 Å². The molecule has 4 aliphatic rings. The summed E-state index contributed by atoms with van der Waals surface area (Å²) >= 11 is 0. The summed E-state index contributed by atoms with van der Waals surface area (Å²) in [6, 6.07) is 0. The summed E-state index contributed by atoms with van der Waals surface area (Å²) in [5.41, 5.74) is -0.822. The number of fused-ring (bicyclic) bond motifs is 5. The van der Waals surface area contributed by atoms with Gasteiger partial charge >= 0.3 is 23.9 Å². The van der Waals surface area contributed by atoms with Crippen LogP contribution in [-0.2, 0) is 42.9 Å². The van der Waals surface area contributed by atoms with Gasteiger partial charge in [0.05, 0.1) is 5.92 Å². The average Bonchev–Trinajstić information content (AvgIpc) is 3.05. The van der Waals surface area contributed by atoms with E-state index in [4.69, 9.17) is 23.7 Å². The summed E-state index contributed by atoms with van der Waals surface area (Å²) in [5, 5.41) is 0. The molecule has 9 heteroatoms. The lowest BCUT2D eigenvalue weighted by molar-refractivity contribution is -0.255. The zero-order valence-corrected chi connectivity index (χ0v) is 23.3. The largest absolute Gasteiger partial charge is 0.462 e. The van der Waals surface area contributed by atoms with Gasteiger partial charge in [-0.2, -0.15) is 0 Å². The molecule has 0 N–H and O–H groups in total. The summed E-state index contributed by atoms with van der Waals surface area (Å²) in [6.07, 6.45) is 1.16. The van der Waals surface area contributed by atoms with Crippen LogP contribution in [0.4, 0.5) is 0 Å². The van der Waals surface area contributed by atoms with E-state index in [1.54, 1.807) is 0 Å². The van der Waals surface area contributed by atoms with Crippen molar-refractivity contribution in [2.75, 3.05) is 0 Å². The number of esters is 4. The first-order valence-electron chi connectivity index (χ1n) is 13.4. The number of carbonyl (C=O) groups is 4. The molecule has 3 saturated carbocycles. The van der Waals surface area contributed by atoms with E-state index >= 15 is 0 Å². The van der Waals surface area contributed by atoms with Crippen molar-refractivity contribution in [2.24, 2.45) is 39.9 Å². The predicted octanol–water partition coefficient (Wildman–Crippen LogP) is 4.15. The third kappa shape index (κ3) is 4.77. The molecule has 0 radical (unpaired) electrons. The molecular weight excluding hydrogens is 480 g/mol. The molecule has 9 nitrogen and oxygen atoms in total. The molecule has 0 spiro atoms. The average molecular weight is 523 g/mol. The van der Waals surface area contributed by atoms with Crippen LogP contribution < -0.4 is 0 Å². The Bertz CT molecular complexity index is 959. The Morgan fingerprint density at radius 2 is 1.24 bits per heavy atom. The van der Waals surface area contributed by atoms with Crippen molar-refractivity contribution in [2.45, 2.75) is 112 Å². The molecule has 208 valence electrons. The minimum atomic E-state index is -1.03. The van der Waals surface area contributed by atoms with Crippen LogP contribution in [0.2, 0.25) is 0 Å². The molecule has 2 unspecified atom stereocenters. The van der Waals surface area contributed by atoms with Crippen molar-refractivity contribution in [3.63, 3.8) is 0 Å². The summed E-state index contributed by atoms with van der Waals surface area (Å²) < 4.78 is 29.3. The standard InChI is InChI=1S/C28H42O9/c1-14(29)33-18-12-20-27(7)11-9-10-26(5,6)23(27)19(34-15(2)30)13-28(20,8)22-21(18)24(35-16(3)31)37-25(22)36-17(4)32/h18-25H,9-13H2,1-8H3/t18-,19+,20?,21-,22+,23?,24-,25+,27-,28-/m1/s1. The Morgan fingerprint density at radius 3 is 1.81 bits per heavy atom. The summed E-state index contributed by atoms with van der Waals surface area (Å²) in [4.78, 5) is 48.7. The maximum Gasteiger partial charge on any atom is 0.304 e. The van der Waals surface area contributed by atoms with Crippen LogP contribution in [-0.4, -0.2) is 48.7 Å². The fraction of sp³-hybridized carbons (Fsp3) is 0.857. The lowest BCUT2D eigenvalue weighted by Crippen LogP contribution is -2.67. The summed E-state index contributed by atoms with van der Waals surface area (Å²) in [6.45, 7) is 14.3. The van der Waals surface area contributed by atoms with Gasteiger partial charge in [-0.25, -0.2) is 0 Å². The number of ether oxygens (including phenoxy) is 5. The molecule has 1 heterocycles. The van der Waals surface area contributed by atoms with Crippen molar-refractivity contribution in [3.8, 4) is 0 Å². The van der Waals surface area contributed by atoms with Crippen LogP contribution in [0, 0.1) is 39.9 Å². The van der Waals surface area contributed by atoms with E-state index in [1.165, 1.54) is 27.7 Å². The lowest BCUT2D eigenvalue weighted by atomic mass is 9.37. The minimum Gasteiger partial charge on any atom is -0.462 e. The smallest absolute Gasteiger partial charge is 0.304 e. The molecule has 1 saturated heterocycles. The quantitative estimate of drug-likeness (QED) is 0.397. The Hall–Kier alpha value is -2.16. The van der Waals surface area contributed by atoms with Crippen molar-refractivity contribution in [3.05, 3.63) is 0 Å². The molecule has 1 aliphatic heterocycles. The zero-order chi connectivity index (χ0) is 27.5. The van der Waals surface area contributed by atoms with Crippen molar-refractivity contribution in [1.29, 1.82) is 0 Å². The highest BCUT2D eigenvalue weighted by Crippen LogP contribution is 2.71. The lowest BCUT2D eigenvalue weighted by Gasteiger charge is -2.68. The van der Waals surface area contributed by atoms with Crippen LogP contribution in [0.15, 0.2) is 0 Å². The van der Waals surface area contributed by atoms with Gasteiger partial charge in [0.1, 0.15) is 12.2 Å². The van der Waals surface area contributed by atoms with E-state index in [0.717, 1.165) is 19.3 Å². The topological polar surface area (TPSA) is 114 Å². The number of hydrogen-bond donors (Lipinski definition) is 0. The number of rotatable bonds is 4. The summed E-state index contributed by atoms with van der Waals surface area (Å²) in [7, 11) is 0. The van der Waals surface area contributed by atoms with Crippen LogP contribution in [0.1, 0.15) is 87.5 Å². The van der Waals surface area contributed by atoms with Gasteiger partial charge in [-0.3, -0.25) is 19.2 Å². The molecule has 0 aromatic carbocycles. The molecule has 37 heavy (non-hydrogen) atoms. The van der Waals surface area contributed by atoms with Gasteiger partial charge in [0.25, 0.3) is 0 Å². The van der Waals surface area contributed by atoms with Gasteiger partial charge in [0, 0.05) is 39.5 Å². The molecule has 0 bridgehead atoms. The molecular formula is C28H42O9. The Kier molecular flexibility index (Phi) is 7.19. The summed E-state index contributed by atoms with van der Waals surface area (Å²) in [5.74, 6) is -2.62. The molecule has 4 fully saturated rings. The van der Waals surface area contributed by atoms with Gasteiger partial charge in [-0.15, -0.1) is 0 Å². The number of hydrogen-bond acceptors (Lipinski definition) is 9. The van der Waals surface area contributed by atoms with Crippen LogP contribution in [0.5, 0.6) is 0 Å². The van der Waals surface area contributed by atoms with E-state index in [2.05, 4.69) is 27.7 Å². The fourth-order valence-corrected chi connectivity index (χ4v) is 9.20. The molecule has 4 rings (SSSR count). The third-order valence-corrected chi connectivity index (χ3v) is 9.84. The second-order valence-electron chi connectivity index (χ2n) is 12.8. The number of carbonyl (C=O) groups excluding carboxylic acids is 4. The Balaban J connectivity index is 1.87. The monoisotopic (exact) mass is 522 g/mol. The van der Waals surface area contributed by atoms with Gasteiger partial charge in [0.15, 0.2) is 0 Å². The highest BCUT2D eigenvalue weighted by Gasteiger charge is 2.72. The zero-order valence-electron chi connectivity index (χ0n) is 23.3. The van der Waals surface area contributed by atoms with Gasteiger partial charge in [-0.05, 0) is 47.8 Å². The van der Waals surface area contributed by atoms with Crippen molar-refractivity contribution in [1.82, 2.24) is 0 Å². The molecule has 0 aromatic rings. The fourth-order valence-electron chi connectivity index (χ4n) is 9.20. The molecule has 0 amide bonds. The van der Waals surface area contributed by atoms with Crippen LogP contribution >= 0.6 is 0 Å². The maximum absolute atomic E-state index is 12.3. The highest BCUT2D eigenvalue weighted by molar-refractivity contribution is 5.67. The maximum atomic E-state index is 12.3. The first kappa shape index (κ1) is 27.9. The van der Waals surface area contributed by atoms with E-state index in [0.29, 0.717) is 12.8 Å². The first-order valence-corrected chi connectivity index (χ1v) is 13.4. The van der Waals surface area contributed by atoms with Gasteiger partial charge < -0.3 is 23.7 Å². The Morgan fingerprint density at radius 1 is 0.703 bits per heavy atom. The molecule has 3 aliphatic carbocycles. The van der Waals surface area contributed by atoms with E-state index in [1.807, 2.05) is 0 Å². The third-order valence-electron chi connectivity index (χ3n) is 9.84. The normalized spacial score (nSPS) is 43.9. The van der Waals surface area contributed by atoms with Gasteiger partial charge in [-0.1, -0.05) is 34.1 Å². The first-order chi connectivity index (χ1) is 17.1. The van der Waals surface area contributed by atoms with E-state index in [-0.39, 0.29) is 34.7 Å². The Labute approximate surface area is 219 Å². The van der Waals surface area contributed by atoms with Crippen LogP contribution in [0.25, 0.3) is 0 Å². The van der Waals surface area contributed by atoms with Crippen LogP contribution in [0.3, 0.4) is 0 Å². The minimum absolute atomic E-state index is 0.0553. The van der Waals surface area contributed by atoms with E-state index in [9.17, 15) is 19.2 Å². The second kappa shape index (κ2) is 9.54. The van der Waals surface area contributed by atoms with Crippen molar-refractivity contribution < 1.29 is 42.9 Å². The SMILES string of the molecule is CC(=O)O[C@@H]1O[C@H](OC(C)=O)[C@@H]2[C@H]1[C@H](OC(C)=O)CC1[C@@]3(C)CCCC(C)(C)C3[C@@H](OC(C)=O)C[C@]12C. The predicted molar refractivity (Wildman–Crippen MR) is 130 cm³/mol. The highest BCUT2D eigenvalue weighted by atomic mass is 16.8. The second-order valence-corrected chi connectivity index (χ2v) is 12.8.